The average molecular weight is 441 g/mol. The van der Waals surface area contributed by atoms with Crippen molar-refractivity contribution < 1.29 is 19.5 Å². The minimum Gasteiger partial charge on any atom is -0.477 e. The summed E-state index contributed by atoms with van der Waals surface area (Å²) in [4.78, 5) is 40.3. The Morgan fingerprint density at radius 2 is 2.26 bits per heavy atom. The van der Waals surface area contributed by atoms with Crippen molar-refractivity contribution in [2.45, 2.75) is 22.7 Å². The summed E-state index contributed by atoms with van der Waals surface area (Å²) in [7, 11) is 0. The lowest BCUT2D eigenvalue weighted by molar-refractivity contribution is -0.148. The molecule has 1 N–H and O–H groups in total. The van der Waals surface area contributed by atoms with Crippen LogP contribution in [-0.4, -0.2) is 55.2 Å². The standard InChI is InChI=1S/C15H12N4O4S4/c1-7(20)18(8-2-3-24-4-8)11-12(21)19-10(14(22)23)9(5-25-13(11)19)27-15-17-16-6-26-15/h2-4,6,11,13H,5H2,1H3,(H,22,23)/t11-,13+/m1/s1. The van der Waals surface area contributed by atoms with Crippen LogP contribution in [0.4, 0.5) is 5.69 Å². The zero-order valence-electron chi connectivity index (χ0n) is 13.8. The van der Waals surface area contributed by atoms with Crippen molar-refractivity contribution in [1.29, 1.82) is 0 Å². The van der Waals surface area contributed by atoms with Crippen LogP contribution >= 0.6 is 46.2 Å². The van der Waals surface area contributed by atoms with Crippen molar-refractivity contribution in [3.63, 3.8) is 0 Å². The van der Waals surface area contributed by atoms with Gasteiger partial charge in [-0.1, -0.05) is 23.1 Å². The number of nitrogens with zero attached hydrogens (tertiary/aromatic N) is 4. The molecular formula is C15H12N4O4S4. The second-order valence-electron chi connectivity index (χ2n) is 5.61. The maximum atomic E-state index is 12.9. The molecule has 2 amide bonds. The molecule has 2 aromatic heterocycles. The predicted molar refractivity (Wildman–Crippen MR) is 105 cm³/mol. The molecule has 0 aromatic carbocycles. The molecule has 4 heterocycles. The molecular weight excluding hydrogens is 428 g/mol. The summed E-state index contributed by atoms with van der Waals surface area (Å²) in [6.45, 7) is 1.41. The van der Waals surface area contributed by atoms with Gasteiger partial charge in [0.2, 0.25) is 5.91 Å². The van der Waals surface area contributed by atoms with Crippen molar-refractivity contribution in [3.05, 3.63) is 32.9 Å². The van der Waals surface area contributed by atoms with E-state index in [9.17, 15) is 19.5 Å². The molecule has 0 aliphatic carbocycles. The summed E-state index contributed by atoms with van der Waals surface area (Å²) in [6, 6.07) is 1.07. The van der Waals surface area contributed by atoms with Crippen LogP contribution in [0.1, 0.15) is 6.92 Å². The Morgan fingerprint density at radius 1 is 1.44 bits per heavy atom. The Balaban J connectivity index is 1.66. The second-order valence-corrected chi connectivity index (χ2v) is 9.67. The van der Waals surface area contributed by atoms with E-state index < -0.39 is 17.4 Å². The Bertz CT molecular complexity index is 928. The van der Waals surface area contributed by atoms with E-state index in [2.05, 4.69) is 10.2 Å². The first-order chi connectivity index (χ1) is 13.0. The number of hydrogen-bond donors (Lipinski definition) is 1. The maximum absolute atomic E-state index is 12.9. The lowest BCUT2D eigenvalue weighted by atomic mass is 10.0. The molecule has 0 radical (unpaired) electrons. The van der Waals surface area contributed by atoms with Gasteiger partial charge >= 0.3 is 5.97 Å². The summed E-state index contributed by atoms with van der Waals surface area (Å²) < 4.78 is 0.621. The Morgan fingerprint density at radius 3 is 2.85 bits per heavy atom. The molecule has 0 spiro atoms. The van der Waals surface area contributed by atoms with E-state index in [1.165, 1.54) is 62.9 Å². The number of hydrogen-bond acceptors (Lipinski definition) is 9. The molecule has 2 aliphatic heterocycles. The molecule has 140 valence electrons. The van der Waals surface area contributed by atoms with Gasteiger partial charge in [0.25, 0.3) is 5.91 Å². The molecule has 2 atom stereocenters. The number of aliphatic carboxylic acids is 1. The lowest BCUT2D eigenvalue weighted by Crippen LogP contribution is -2.71. The highest BCUT2D eigenvalue weighted by atomic mass is 32.2. The van der Waals surface area contributed by atoms with E-state index in [0.717, 1.165) is 0 Å². The van der Waals surface area contributed by atoms with Crippen LogP contribution in [0.25, 0.3) is 0 Å². The van der Waals surface area contributed by atoms with Crippen LogP contribution in [-0.2, 0) is 14.4 Å². The normalized spacial score (nSPS) is 21.7. The molecule has 27 heavy (non-hydrogen) atoms. The summed E-state index contributed by atoms with van der Waals surface area (Å²) in [5, 5.41) is 20.6. The van der Waals surface area contributed by atoms with Crippen LogP contribution in [0.2, 0.25) is 0 Å². The van der Waals surface area contributed by atoms with Gasteiger partial charge in [-0.15, -0.1) is 22.0 Å². The fourth-order valence-corrected chi connectivity index (χ4v) is 6.79. The van der Waals surface area contributed by atoms with E-state index in [1.54, 1.807) is 17.0 Å². The molecule has 1 fully saturated rings. The summed E-state index contributed by atoms with van der Waals surface area (Å²) >= 11 is 5.40. The monoisotopic (exact) mass is 440 g/mol. The summed E-state index contributed by atoms with van der Waals surface area (Å²) in [6.07, 6.45) is 0. The number of thioether (sulfide) groups is 2. The van der Waals surface area contributed by atoms with Crippen LogP contribution in [0.3, 0.4) is 0 Å². The van der Waals surface area contributed by atoms with E-state index >= 15 is 0 Å². The molecule has 2 aromatic rings. The van der Waals surface area contributed by atoms with Gasteiger partial charge in [0.1, 0.15) is 22.6 Å². The summed E-state index contributed by atoms with van der Waals surface area (Å²) in [5.41, 5.74) is 2.19. The molecule has 0 unspecified atom stereocenters. The topological polar surface area (TPSA) is 104 Å². The van der Waals surface area contributed by atoms with Crippen LogP contribution < -0.4 is 4.90 Å². The minimum atomic E-state index is -1.16. The highest BCUT2D eigenvalue weighted by Gasteiger charge is 2.57. The Labute approximate surface area is 170 Å². The van der Waals surface area contributed by atoms with Gasteiger partial charge in [-0.05, 0) is 11.4 Å². The third-order valence-electron chi connectivity index (χ3n) is 4.06. The highest BCUT2D eigenvalue weighted by Crippen LogP contribution is 2.47. The maximum Gasteiger partial charge on any atom is 0.353 e. The van der Waals surface area contributed by atoms with E-state index in [-0.39, 0.29) is 17.5 Å². The van der Waals surface area contributed by atoms with E-state index in [4.69, 9.17) is 0 Å². The third kappa shape index (κ3) is 3.16. The number of fused-ring (bicyclic) bond motifs is 1. The zero-order chi connectivity index (χ0) is 19.1. The summed E-state index contributed by atoms with van der Waals surface area (Å²) in [5.74, 6) is -1.38. The van der Waals surface area contributed by atoms with Crippen molar-refractivity contribution in [1.82, 2.24) is 15.1 Å². The van der Waals surface area contributed by atoms with Crippen molar-refractivity contribution in [2.24, 2.45) is 0 Å². The second kappa shape index (κ2) is 7.26. The van der Waals surface area contributed by atoms with Gasteiger partial charge < -0.3 is 5.11 Å². The molecule has 2 aliphatic rings. The first-order valence-corrected chi connectivity index (χ1v) is 11.3. The zero-order valence-corrected chi connectivity index (χ0v) is 17.0. The number of aromatic nitrogens is 2. The third-order valence-corrected chi connectivity index (χ3v) is 8.04. The number of amides is 2. The number of anilines is 1. The fraction of sp³-hybridized carbons (Fsp3) is 0.267. The molecule has 12 heteroatoms. The van der Waals surface area contributed by atoms with Gasteiger partial charge in [-0.3, -0.25) is 19.4 Å². The van der Waals surface area contributed by atoms with E-state index in [0.29, 0.717) is 20.7 Å². The number of carbonyl (C=O) groups is 3. The number of rotatable bonds is 5. The van der Waals surface area contributed by atoms with Gasteiger partial charge in [0.15, 0.2) is 4.34 Å². The van der Waals surface area contributed by atoms with Gasteiger partial charge in [0.05, 0.1) is 5.69 Å². The van der Waals surface area contributed by atoms with Gasteiger partial charge in [0, 0.05) is 23.0 Å². The lowest BCUT2D eigenvalue weighted by Gasteiger charge is -2.52. The number of thiophene rings is 1. The Hall–Kier alpha value is -1.89. The fourth-order valence-electron chi connectivity index (χ4n) is 3.00. The first-order valence-electron chi connectivity index (χ1n) is 7.66. The van der Waals surface area contributed by atoms with Gasteiger partial charge in [-0.25, -0.2) is 4.79 Å². The molecule has 8 nitrogen and oxygen atoms in total. The molecule has 0 bridgehead atoms. The molecule has 4 rings (SSSR count). The predicted octanol–water partition coefficient (Wildman–Crippen LogP) is 2.32. The van der Waals surface area contributed by atoms with Crippen molar-refractivity contribution >= 4 is 69.7 Å². The van der Waals surface area contributed by atoms with Crippen LogP contribution in [0.15, 0.2) is 37.3 Å². The largest absolute Gasteiger partial charge is 0.477 e. The van der Waals surface area contributed by atoms with Crippen molar-refractivity contribution in [2.75, 3.05) is 10.7 Å². The van der Waals surface area contributed by atoms with Crippen LogP contribution in [0.5, 0.6) is 0 Å². The van der Waals surface area contributed by atoms with Crippen LogP contribution in [0, 0.1) is 0 Å². The number of β-lactam (4-membered cyclic amide) rings is 1. The highest BCUT2D eigenvalue weighted by molar-refractivity contribution is 8.07. The SMILES string of the molecule is CC(=O)N(c1ccsc1)[C@@H]1C(=O)N2C(C(=O)O)=C(Sc3nncs3)CS[C@@H]12. The minimum absolute atomic E-state index is 0.0333. The van der Waals surface area contributed by atoms with E-state index in [1.807, 2.05) is 5.38 Å². The quantitative estimate of drug-likeness (QED) is 0.707. The smallest absolute Gasteiger partial charge is 0.353 e. The Kier molecular flexibility index (Phi) is 4.97. The number of carboxylic acids is 1. The first kappa shape index (κ1) is 18.5. The number of carboxylic acid groups (broad SMARTS) is 1. The number of carbonyl (C=O) groups excluding carboxylic acids is 2. The average Bonchev–Trinajstić information content (AvgIpc) is 3.32. The van der Waals surface area contributed by atoms with Gasteiger partial charge in [-0.2, -0.15) is 11.3 Å². The van der Waals surface area contributed by atoms with Crippen molar-refractivity contribution in [3.8, 4) is 0 Å². The molecule has 1 saturated heterocycles. The molecule has 0 saturated carbocycles.